The van der Waals surface area contributed by atoms with E-state index in [9.17, 15) is 4.79 Å². The summed E-state index contributed by atoms with van der Waals surface area (Å²) in [5, 5.41) is 4.06. The number of nitrogens with zero attached hydrogens (tertiary/aromatic N) is 1. The number of hydrogen-bond donors (Lipinski definition) is 3. The molecule has 6 heteroatoms. The van der Waals surface area contributed by atoms with E-state index in [1.54, 1.807) is 0 Å². The van der Waals surface area contributed by atoms with Crippen molar-refractivity contribution in [3.05, 3.63) is 5.56 Å². The minimum absolute atomic E-state index is 0.240. The molecule has 2 saturated carbocycles. The third kappa shape index (κ3) is 2.29. The van der Waals surface area contributed by atoms with Gasteiger partial charge in [-0.05, 0) is 55.0 Å². The lowest BCUT2D eigenvalue weighted by Gasteiger charge is -2.16. The summed E-state index contributed by atoms with van der Waals surface area (Å²) in [6.45, 7) is 0.914. The summed E-state index contributed by atoms with van der Waals surface area (Å²) in [7, 11) is 0. The van der Waals surface area contributed by atoms with E-state index < -0.39 is 5.91 Å². The number of aromatic nitrogens is 1. The van der Waals surface area contributed by atoms with Crippen molar-refractivity contribution >= 4 is 28.3 Å². The van der Waals surface area contributed by atoms with Crippen molar-refractivity contribution in [2.24, 2.45) is 23.5 Å². The number of primary amides is 1. The predicted octanol–water partition coefficient (Wildman–Crippen LogP) is 1.67. The number of nitrogens with one attached hydrogen (secondary N) is 1. The summed E-state index contributed by atoms with van der Waals surface area (Å²) in [5.74, 6) is 2.25. The fraction of sp³-hybridized carbons (Fsp3) is 0.667. The summed E-state index contributed by atoms with van der Waals surface area (Å²) in [6, 6.07) is 0. The van der Waals surface area contributed by atoms with Crippen LogP contribution in [0.25, 0.3) is 0 Å². The van der Waals surface area contributed by atoms with E-state index in [4.69, 9.17) is 11.5 Å². The SMILES string of the molecule is NC(=O)c1c(N)nsc1NCC(C1CC1)C1CC1. The van der Waals surface area contributed by atoms with Crippen LogP contribution in [0.4, 0.5) is 10.8 Å². The Bertz CT molecular complexity index is 453. The summed E-state index contributed by atoms with van der Waals surface area (Å²) >= 11 is 1.22. The van der Waals surface area contributed by atoms with Crippen molar-refractivity contribution in [3.8, 4) is 0 Å². The van der Waals surface area contributed by atoms with E-state index in [2.05, 4.69) is 9.69 Å². The molecule has 3 rings (SSSR count). The van der Waals surface area contributed by atoms with Crippen molar-refractivity contribution in [2.45, 2.75) is 25.7 Å². The first-order chi connectivity index (χ1) is 8.66. The number of nitrogen functional groups attached to an aromatic ring is 1. The van der Waals surface area contributed by atoms with Crippen LogP contribution in [-0.4, -0.2) is 16.8 Å². The second-order valence-electron chi connectivity index (χ2n) is 5.36. The van der Waals surface area contributed by atoms with E-state index in [1.165, 1.54) is 37.2 Å². The maximum atomic E-state index is 11.3. The number of rotatable bonds is 6. The van der Waals surface area contributed by atoms with Gasteiger partial charge in [0, 0.05) is 6.54 Å². The summed E-state index contributed by atoms with van der Waals surface area (Å²) in [5.41, 5.74) is 11.3. The summed E-state index contributed by atoms with van der Waals surface area (Å²) in [6.07, 6.45) is 5.43. The number of amides is 1. The summed E-state index contributed by atoms with van der Waals surface area (Å²) < 4.78 is 3.99. The minimum Gasteiger partial charge on any atom is -0.382 e. The molecule has 0 saturated heterocycles. The first-order valence-corrected chi connectivity index (χ1v) is 7.23. The van der Waals surface area contributed by atoms with E-state index in [1.807, 2.05) is 0 Å². The molecule has 0 aliphatic heterocycles. The predicted molar refractivity (Wildman–Crippen MR) is 72.5 cm³/mol. The molecule has 0 aromatic carbocycles. The molecule has 5 nitrogen and oxygen atoms in total. The minimum atomic E-state index is -0.502. The average molecular weight is 266 g/mol. The highest BCUT2D eigenvalue weighted by Gasteiger charge is 2.41. The lowest BCUT2D eigenvalue weighted by Crippen LogP contribution is -2.20. The Balaban J connectivity index is 1.66. The van der Waals surface area contributed by atoms with Crippen molar-refractivity contribution in [1.82, 2.24) is 4.37 Å². The molecule has 1 heterocycles. The molecule has 1 amide bonds. The van der Waals surface area contributed by atoms with Gasteiger partial charge in [-0.1, -0.05) is 0 Å². The Kier molecular flexibility index (Phi) is 2.89. The Morgan fingerprint density at radius 3 is 2.50 bits per heavy atom. The maximum Gasteiger partial charge on any atom is 0.255 e. The molecular weight excluding hydrogens is 248 g/mol. The topological polar surface area (TPSA) is 94.0 Å². The third-order valence-electron chi connectivity index (χ3n) is 3.92. The number of hydrogen-bond acceptors (Lipinski definition) is 5. The van der Waals surface area contributed by atoms with Gasteiger partial charge < -0.3 is 16.8 Å². The number of nitrogens with two attached hydrogens (primary N) is 2. The monoisotopic (exact) mass is 266 g/mol. The molecule has 1 aromatic rings. The van der Waals surface area contributed by atoms with E-state index in [-0.39, 0.29) is 5.82 Å². The fourth-order valence-electron chi connectivity index (χ4n) is 2.64. The molecule has 5 N–H and O–H groups in total. The van der Waals surface area contributed by atoms with Crippen LogP contribution in [0.15, 0.2) is 0 Å². The Hall–Kier alpha value is -1.30. The van der Waals surface area contributed by atoms with Crippen LogP contribution in [0.2, 0.25) is 0 Å². The number of anilines is 2. The zero-order chi connectivity index (χ0) is 12.7. The first-order valence-electron chi connectivity index (χ1n) is 6.45. The molecule has 18 heavy (non-hydrogen) atoms. The molecule has 0 spiro atoms. The van der Waals surface area contributed by atoms with Gasteiger partial charge in [0.05, 0.1) is 0 Å². The van der Waals surface area contributed by atoms with Gasteiger partial charge >= 0.3 is 0 Å². The number of carbonyl (C=O) groups is 1. The van der Waals surface area contributed by atoms with Gasteiger partial charge in [0.25, 0.3) is 5.91 Å². The van der Waals surface area contributed by atoms with E-state index in [0.717, 1.165) is 29.3 Å². The molecular formula is C12H18N4OS. The molecule has 0 atom stereocenters. The molecule has 98 valence electrons. The molecule has 0 bridgehead atoms. The van der Waals surface area contributed by atoms with Crippen molar-refractivity contribution in [2.75, 3.05) is 17.6 Å². The van der Waals surface area contributed by atoms with Gasteiger partial charge in [0.15, 0.2) is 5.82 Å². The Morgan fingerprint density at radius 2 is 2.00 bits per heavy atom. The molecule has 0 unspecified atom stereocenters. The standard InChI is InChI=1S/C12H18N4OS/c13-10-9(11(14)17)12(18-16-10)15-5-8(6-1-2-6)7-3-4-7/h6-8,15H,1-5H2,(H2,13,16)(H2,14,17). The molecule has 0 radical (unpaired) electrons. The first kappa shape index (κ1) is 11.8. The van der Waals surface area contributed by atoms with Gasteiger partial charge in [0.1, 0.15) is 10.6 Å². The second-order valence-corrected chi connectivity index (χ2v) is 6.13. The van der Waals surface area contributed by atoms with Crippen LogP contribution in [-0.2, 0) is 0 Å². The van der Waals surface area contributed by atoms with Crippen LogP contribution in [0.5, 0.6) is 0 Å². The van der Waals surface area contributed by atoms with Crippen LogP contribution >= 0.6 is 11.5 Å². The summed E-state index contributed by atoms with van der Waals surface area (Å²) in [4.78, 5) is 11.3. The quantitative estimate of drug-likeness (QED) is 0.730. The van der Waals surface area contributed by atoms with E-state index >= 15 is 0 Å². The highest BCUT2D eigenvalue weighted by molar-refractivity contribution is 7.11. The van der Waals surface area contributed by atoms with Crippen LogP contribution < -0.4 is 16.8 Å². The molecule has 2 aliphatic rings. The third-order valence-corrected chi connectivity index (χ3v) is 4.74. The highest BCUT2D eigenvalue weighted by atomic mass is 32.1. The van der Waals surface area contributed by atoms with Crippen LogP contribution in [0.1, 0.15) is 36.0 Å². The van der Waals surface area contributed by atoms with Crippen molar-refractivity contribution in [1.29, 1.82) is 0 Å². The van der Waals surface area contributed by atoms with Gasteiger partial charge in [-0.2, -0.15) is 4.37 Å². The lowest BCUT2D eigenvalue weighted by molar-refractivity contribution is 0.100. The second kappa shape index (κ2) is 4.42. The van der Waals surface area contributed by atoms with Gasteiger partial charge in [-0.25, -0.2) is 0 Å². The fourth-order valence-corrected chi connectivity index (χ4v) is 3.36. The van der Waals surface area contributed by atoms with Crippen LogP contribution in [0, 0.1) is 17.8 Å². The van der Waals surface area contributed by atoms with Crippen molar-refractivity contribution in [3.63, 3.8) is 0 Å². The largest absolute Gasteiger partial charge is 0.382 e. The highest BCUT2D eigenvalue weighted by Crippen LogP contribution is 2.49. The van der Waals surface area contributed by atoms with Gasteiger partial charge in [-0.15, -0.1) is 0 Å². The molecule has 2 fully saturated rings. The maximum absolute atomic E-state index is 11.3. The van der Waals surface area contributed by atoms with Crippen molar-refractivity contribution < 1.29 is 4.79 Å². The Morgan fingerprint density at radius 1 is 1.39 bits per heavy atom. The zero-order valence-corrected chi connectivity index (χ0v) is 11.0. The lowest BCUT2D eigenvalue weighted by atomic mass is 9.98. The Labute approximate surface area is 110 Å². The smallest absolute Gasteiger partial charge is 0.255 e. The van der Waals surface area contributed by atoms with Gasteiger partial charge in [0.2, 0.25) is 0 Å². The molecule has 1 aromatic heterocycles. The van der Waals surface area contributed by atoms with E-state index in [0.29, 0.717) is 5.56 Å². The zero-order valence-electron chi connectivity index (χ0n) is 10.2. The number of carbonyl (C=O) groups excluding carboxylic acids is 1. The van der Waals surface area contributed by atoms with Crippen LogP contribution in [0.3, 0.4) is 0 Å². The molecule has 2 aliphatic carbocycles. The average Bonchev–Trinajstić information content (AvgIpc) is 3.19. The normalized spacial score (nSPS) is 19.2. The van der Waals surface area contributed by atoms with Gasteiger partial charge in [-0.3, -0.25) is 4.79 Å².